The first kappa shape index (κ1) is 14.1. The number of hydrogen-bond donors (Lipinski definition) is 0. The maximum atomic E-state index is 12.1. The number of benzene rings is 1. The first-order valence-corrected chi connectivity index (χ1v) is 7.33. The van der Waals surface area contributed by atoms with Crippen LogP contribution in [0.15, 0.2) is 36.7 Å². The molecule has 1 aliphatic carbocycles. The van der Waals surface area contributed by atoms with E-state index in [0.717, 1.165) is 44.5 Å². The highest BCUT2D eigenvalue weighted by Gasteiger charge is 2.20. The van der Waals surface area contributed by atoms with Crippen molar-refractivity contribution in [2.45, 2.75) is 44.9 Å². The Morgan fingerprint density at radius 2 is 1.84 bits per heavy atom. The summed E-state index contributed by atoms with van der Waals surface area (Å²) in [6, 6.07) is 8.50. The largest absolute Gasteiger partial charge is 0.494 e. The summed E-state index contributed by atoms with van der Waals surface area (Å²) in [5.74, 6) is 2.03. The van der Waals surface area contributed by atoms with Gasteiger partial charge in [-0.25, -0.2) is 4.39 Å². The Morgan fingerprint density at radius 3 is 2.42 bits per heavy atom. The van der Waals surface area contributed by atoms with E-state index in [2.05, 4.69) is 31.2 Å². The molecule has 0 heterocycles. The Bertz CT molecular complexity index is 388. The predicted octanol–water partition coefficient (Wildman–Crippen LogP) is 5.23. The molecule has 1 nitrogen and oxygen atoms in total. The van der Waals surface area contributed by atoms with Gasteiger partial charge in [0.05, 0.1) is 12.9 Å². The number of hydrogen-bond acceptors (Lipinski definition) is 1. The third kappa shape index (κ3) is 4.09. The van der Waals surface area contributed by atoms with Crippen molar-refractivity contribution in [3.63, 3.8) is 0 Å². The fraction of sp³-hybridized carbons (Fsp3) is 0.529. The standard InChI is InChI=1S/C17H23FO/c1-2-13-19-17-9-7-16(8-10-17)15-5-3-14(4-6-15)11-12-18/h7-12,14-15H,2-6,13H2,1H3/b12-11+. The Kier molecular flexibility index (Phi) is 5.44. The van der Waals surface area contributed by atoms with Crippen LogP contribution in [-0.4, -0.2) is 6.61 Å². The number of halogens is 1. The van der Waals surface area contributed by atoms with Crippen molar-refractivity contribution < 1.29 is 9.13 Å². The van der Waals surface area contributed by atoms with Gasteiger partial charge in [0, 0.05) is 0 Å². The van der Waals surface area contributed by atoms with Gasteiger partial charge < -0.3 is 4.74 Å². The molecule has 0 radical (unpaired) electrons. The number of allylic oxidation sites excluding steroid dienone is 1. The molecule has 2 heteroatoms. The molecule has 0 amide bonds. The van der Waals surface area contributed by atoms with Crippen molar-refractivity contribution in [1.29, 1.82) is 0 Å². The van der Waals surface area contributed by atoms with E-state index < -0.39 is 0 Å². The van der Waals surface area contributed by atoms with Crippen LogP contribution in [-0.2, 0) is 0 Å². The van der Waals surface area contributed by atoms with Crippen LogP contribution in [0.4, 0.5) is 4.39 Å². The van der Waals surface area contributed by atoms with Gasteiger partial charge in [-0.2, -0.15) is 0 Å². The van der Waals surface area contributed by atoms with Gasteiger partial charge in [0.1, 0.15) is 5.75 Å². The highest BCUT2D eigenvalue weighted by Crippen LogP contribution is 2.36. The first-order valence-electron chi connectivity index (χ1n) is 7.33. The molecular formula is C17H23FO. The predicted molar refractivity (Wildman–Crippen MR) is 77.2 cm³/mol. The lowest BCUT2D eigenvalue weighted by molar-refractivity contribution is 0.317. The average Bonchev–Trinajstić information content (AvgIpc) is 2.47. The highest BCUT2D eigenvalue weighted by atomic mass is 19.1. The summed E-state index contributed by atoms with van der Waals surface area (Å²) >= 11 is 0. The molecule has 1 saturated carbocycles. The summed E-state index contributed by atoms with van der Waals surface area (Å²) < 4.78 is 17.7. The number of ether oxygens (including phenoxy) is 1. The zero-order chi connectivity index (χ0) is 13.5. The van der Waals surface area contributed by atoms with Crippen LogP contribution < -0.4 is 4.74 Å². The summed E-state index contributed by atoms with van der Waals surface area (Å²) in [6.07, 6.45) is 7.95. The number of rotatable bonds is 5. The van der Waals surface area contributed by atoms with Gasteiger partial charge in [0.2, 0.25) is 0 Å². The van der Waals surface area contributed by atoms with E-state index in [1.165, 1.54) is 5.56 Å². The maximum absolute atomic E-state index is 12.1. The van der Waals surface area contributed by atoms with Crippen LogP contribution in [0.25, 0.3) is 0 Å². The van der Waals surface area contributed by atoms with E-state index in [-0.39, 0.29) is 0 Å². The molecule has 0 saturated heterocycles. The molecule has 0 atom stereocenters. The average molecular weight is 262 g/mol. The molecule has 19 heavy (non-hydrogen) atoms. The zero-order valence-corrected chi connectivity index (χ0v) is 11.6. The van der Waals surface area contributed by atoms with Gasteiger partial charge in [0.15, 0.2) is 0 Å². The second-order valence-corrected chi connectivity index (χ2v) is 5.35. The fourth-order valence-corrected chi connectivity index (χ4v) is 2.80. The van der Waals surface area contributed by atoms with Crippen LogP contribution in [0, 0.1) is 5.92 Å². The Morgan fingerprint density at radius 1 is 1.16 bits per heavy atom. The van der Waals surface area contributed by atoms with Gasteiger partial charge in [-0.3, -0.25) is 0 Å². The minimum atomic E-state index is 0.438. The smallest absolute Gasteiger partial charge is 0.119 e. The molecule has 104 valence electrons. The minimum Gasteiger partial charge on any atom is -0.494 e. The molecule has 0 spiro atoms. The van der Waals surface area contributed by atoms with E-state index in [1.54, 1.807) is 6.08 Å². The third-order valence-electron chi connectivity index (χ3n) is 3.94. The summed E-state index contributed by atoms with van der Waals surface area (Å²) in [7, 11) is 0. The molecular weight excluding hydrogens is 239 g/mol. The van der Waals surface area contributed by atoms with Crippen LogP contribution >= 0.6 is 0 Å². The van der Waals surface area contributed by atoms with Crippen molar-refractivity contribution in [3.8, 4) is 5.75 Å². The summed E-state index contributed by atoms with van der Waals surface area (Å²) in [5.41, 5.74) is 1.39. The van der Waals surface area contributed by atoms with Crippen molar-refractivity contribution in [2.24, 2.45) is 5.92 Å². The molecule has 0 N–H and O–H groups in total. The normalized spacial score (nSPS) is 23.7. The van der Waals surface area contributed by atoms with Gasteiger partial charge >= 0.3 is 0 Å². The second-order valence-electron chi connectivity index (χ2n) is 5.35. The van der Waals surface area contributed by atoms with Crippen LogP contribution in [0.1, 0.15) is 50.5 Å². The van der Waals surface area contributed by atoms with Crippen molar-refractivity contribution in [3.05, 3.63) is 42.2 Å². The van der Waals surface area contributed by atoms with Crippen molar-refractivity contribution in [2.75, 3.05) is 6.61 Å². The van der Waals surface area contributed by atoms with Crippen molar-refractivity contribution >= 4 is 0 Å². The molecule has 1 aromatic rings. The lowest BCUT2D eigenvalue weighted by Gasteiger charge is -2.26. The first-order chi connectivity index (χ1) is 9.33. The van der Waals surface area contributed by atoms with Crippen LogP contribution in [0.2, 0.25) is 0 Å². The molecule has 2 rings (SSSR count). The van der Waals surface area contributed by atoms with Gasteiger partial charge in [-0.05, 0) is 61.6 Å². The highest BCUT2D eigenvalue weighted by molar-refractivity contribution is 5.29. The third-order valence-corrected chi connectivity index (χ3v) is 3.94. The second kappa shape index (κ2) is 7.32. The lowest BCUT2D eigenvalue weighted by atomic mass is 9.79. The Labute approximate surface area is 115 Å². The fourth-order valence-electron chi connectivity index (χ4n) is 2.80. The van der Waals surface area contributed by atoms with E-state index in [1.807, 2.05) is 0 Å². The van der Waals surface area contributed by atoms with Crippen molar-refractivity contribution in [1.82, 2.24) is 0 Å². The van der Waals surface area contributed by atoms with E-state index >= 15 is 0 Å². The molecule has 0 bridgehead atoms. The molecule has 0 unspecified atom stereocenters. The topological polar surface area (TPSA) is 9.23 Å². The van der Waals surface area contributed by atoms with Crippen LogP contribution in [0.3, 0.4) is 0 Å². The minimum absolute atomic E-state index is 0.438. The molecule has 1 aromatic carbocycles. The summed E-state index contributed by atoms with van der Waals surface area (Å²) in [4.78, 5) is 0. The summed E-state index contributed by atoms with van der Waals surface area (Å²) in [6.45, 7) is 2.89. The van der Waals surface area contributed by atoms with Crippen LogP contribution in [0.5, 0.6) is 5.75 Å². The zero-order valence-electron chi connectivity index (χ0n) is 11.6. The molecule has 1 aliphatic rings. The molecule has 0 aliphatic heterocycles. The van der Waals surface area contributed by atoms with Gasteiger partial charge in [-0.15, -0.1) is 0 Å². The maximum Gasteiger partial charge on any atom is 0.119 e. The lowest BCUT2D eigenvalue weighted by Crippen LogP contribution is -2.11. The van der Waals surface area contributed by atoms with E-state index in [0.29, 0.717) is 18.2 Å². The van der Waals surface area contributed by atoms with Gasteiger partial charge in [0.25, 0.3) is 0 Å². The van der Waals surface area contributed by atoms with E-state index in [9.17, 15) is 4.39 Å². The Balaban J connectivity index is 1.89. The SMILES string of the molecule is CCCOc1ccc(C2CCC(/C=C/F)CC2)cc1. The molecule has 0 aromatic heterocycles. The molecule has 1 fully saturated rings. The van der Waals surface area contributed by atoms with E-state index in [4.69, 9.17) is 4.74 Å². The quantitative estimate of drug-likeness (QED) is 0.705. The summed E-state index contributed by atoms with van der Waals surface area (Å²) in [5, 5.41) is 0. The Hall–Kier alpha value is -1.31. The monoisotopic (exact) mass is 262 g/mol. The van der Waals surface area contributed by atoms with Gasteiger partial charge in [-0.1, -0.05) is 25.1 Å².